The Morgan fingerprint density at radius 2 is 1.95 bits per heavy atom. The normalized spacial score (nSPS) is 14.8. The fourth-order valence-corrected chi connectivity index (χ4v) is 6.27. The van der Waals surface area contributed by atoms with E-state index < -0.39 is 12.0 Å². The van der Waals surface area contributed by atoms with Gasteiger partial charge in [-0.15, -0.1) is 11.3 Å². The van der Waals surface area contributed by atoms with Crippen molar-refractivity contribution in [2.45, 2.75) is 26.5 Å². The third kappa shape index (κ3) is 5.34. The summed E-state index contributed by atoms with van der Waals surface area (Å²) in [6.45, 7) is 4.40. The molecule has 2 aromatic carbocycles. The van der Waals surface area contributed by atoms with E-state index in [2.05, 4.69) is 11.1 Å². The maximum Gasteiger partial charge on any atom is 0.338 e. The summed E-state index contributed by atoms with van der Waals surface area (Å²) in [6, 6.07) is 18.0. The molecule has 1 aliphatic heterocycles. The Bertz CT molecular complexity index is 1810. The van der Waals surface area contributed by atoms with Gasteiger partial charge >= 0.3 is 5.97 Å². The minimum atomic E-state index is -0.608. The minimum Gasteiger partial charge on any atom is -0.490 e. The maximum atomic E-state index is 13.7. The molecular formula is C30H25N3O5S2. The highest BCUT2D eigenvalue weighted by molar-refractivity contribution is 7.10. The van der Waals surface area contributed by atoms with Crippen LogP contribution in [0.3, 0.4) is 0 Å². The topological polar surface area (TPSA) is 103 Å². The number of hydrogen-bond donors (Lipinski definition) is 0. The number of carbonyl (C=O) groups excluding carboxylic acids is 1. The van der Waals surface area contributed by atoms with Crippen LogP contribution in [0, 0.1) is 11.3 Å². The van der Waals surface area contributed by atoms with Gasteiger partial charge in [-0.1, -0.05) is 35.6 Å². The van der Waals surface area contributed by atoms with Gasteiger partial charge < -0.3 is 14.2 Å². The van der Waals surface area contributed by atoms with Gasteiger partial charge in [0.05, 0.1) is 41.2 Å². The number of allylic oxidation sites excluding steroid dienone is 1. The fraction of sp³-hybridized carbons (Fsp3) is 0.200. The summed E-state index contributed by atoms with van der Waals surface area (Å²) in [5.74, 6) is 0.616. The molecule has 3 heterocycles. The zero-order valence-electron chi connectivity index (χ0n) is 22.0. The number of thiophene rings is 1. The van der Waals surface area contributed by atoms with E-state index in [-0.39, 0.29) is 5.56 Å². The van der Waals surface area contributed by atoms with Crippen LogP contribution in [0.1, 0.15) is 41.5 Å². The summed E-state index contributed by atoms with van der Waals surface area (Å²) in [5.41, 5.74) is 2.92. The molecule has 0 amide bonds. The quantitative estimate of drug-likeness (QED) is 0.292. The fourth-order valence-electron chi connectivity index (χ4n) is 4.40. The Morgan fingerprint density at radius 3 is 2.62 bits per heavy atom. The molecule has 2 aromatic heterocycles. The second-order valence-corrected chi connectivity index (χ2v) is 10.8. The van der Waals surface area contributed by atoms with Crippen molar-refractivity contribution >= 4 is 34.7 Å². The van der Waals surface area contributed by atoms with Gasteiger partial charge in [0.1, 0.15) is 12.6 Å². The van der Waals surface area contributed by atoms with E-state index in [1.165, 1.54) is 29.8 Å². The van der Waals surface area contributed by atoms with Crippen LogP contribution in [-0.2, 0) is 16.1 Å². The molecule has 4 aromatic rings. The number of nitrogens with zero attached hydrogens (tertiary/aromatic N) is 3. The maximum absolute atomic E-state index is 13.7. The first kappa shape index (κ1) is 27.1. The van der Waals surface area contributed by atoms with Crippen molar-refractivity contribution in [2.75, 3.05) is 13.7 Å². The number of rotatable bonds is 8. The standard InChI is InChI=1S/C30H25N3O5S2/c1-4-37-23-14-21(11-12-22(23)38-17-20-9-7-19(16-31)8-10-20)15-25-28(34)33-27(24-6-5-13-39-24)26(29(35)36-3)18(2)32-30(33)40-25/h5-15,27H,4,17H2,1-3H3. The van der Waals surface area contributed by atoms with Crippen LogP contribution >= 0.6 is 22.7 Å². The number of hydrogen-bond acceptors (Lipinski definition) is 9. The van der Waals surface area contributed by atoms with E-state index in [4.69, 9.17) is 19.5 Å². The third-order valence-electron chi connectivity index (χ3n) is 6.28. The van der Waals surface area contributed by atoms with Crippen LogP contribution < -0.4 is 24.4 Å². The van der Waals surface area contributed by atoms with Crippen molar-refractivity contribution < 1.29 is 19.0 Å². The van der Waals surface area contributed by atoms with Crippen molar-refractivity contribution in [3.8, 4) is 17.6 Å². The molecule has 10 heteroatoms. The Kier molecular flexibility index (Phi) is 7.96. The lowest BCUT2D eigenvalue weighted by molar-refractivity contribution is -0.136. The van der Waals surface area contributed by atoms with Gasteiger partial charge in [0, 0.05) is 4.88 Å². The van der Waals surface area contributed by atoms with Crippen LogP contribution in [0.15, 0.2) is 81.0 Å². The van der Waals surface area contributed by atoms with E-state index in [1.54, 1.807) is 29.7 Å². The zero-order chi connectivity index (χ0) is 28.2. The number of aromatic nitrogens is 1. The zero-order valence-corrected chi connectivity index (χ0v) is 23.7. The van der Waals surface area contributed by atoms with E-state index >= 15 is 0 Å². The van der Waals surface area contributed by atoms with E-state index in [9.17, 15) is 9.59 Å². The molecule has 0 aliphatic carbocycles. The predicted molar refractivity (Wildman–Crippen MR) is 153 cm³/mol. The molecule has 40 heavy (non-hydrogen) atoms. The number of benzene rings is 2. The number of ether oxygens (including phenoxy) is 3. The molecule has 0 saturated heterocycles. The van der Waals surface area contributed by atoms with Gasteiger partial charge in [-0.05, 0) is 66.8 Å². The first-order valence-corrected chi connectivity index (χ1v) is 14.2. The van der Waals surface area contributed by atoms with Crippen LogP contribution in [0.2, 0.25) is 0 Å². The summed E-state index contributed by atoms with van der Waals surface area (Å²) < 4.78 is 18.9. The number of carbonyl (C=O) groups is 1. The number of nitriles is 1. The summed E-state index contributed by atoms with van der Waals surface area (Å²) >= 11 is 2.74. The van der Waals surface area contributed by atoms with Crippen molar-refractivity contribution in [2.24, 2.45) is 4.99 Å². The smallest absolute Gasteiger partial charge is 0.338 e. The van der Waals surface area contributed by atoms with Gasteiger partial charge in [-0.3, -0.25) is 9.36 Å². The summed E-state index contributed by atoms with van der Waals surface area (Å²) in [4.78, 5) is 32.4. The Hall–Kier alpha value is -4.46. The van der Waals surface area contributed by atoms with Gasteiger partial charge in [-0.25, -0.2) is 9.79 Å². The molecule has 0 bridgehead atoms. The highest BCUT2D eigenvalue weighted by atomic mass is 32.1. The van der Waals surface area contributed by atoms with Crippen LogP contribution in [0.5, 0.6) is 11.5 Å². The average Bonchev–Trinajstić information content (AvgIpc) is 3.60. The Labute approximate surface area is 238 Å². The van der Waals surface area contributed by atoms with E-state index in [1.807, 2.05) is 54.8 Å². The first-order valence-electron chi connectivity index (χ1n) is 12.5. The van der Waals surface area contributed by atoms with Crippen LogP contribution in [-0.4, -0.2) is 24.3 Å². The summed E-state index contributed by atoms with van der Waals surface area (Å²) in [7, 11) is 1.33. The third-order valence-corrected chi connectivity index (χ3v) is 8.19. The molecule has 0 saturated carbocycles. The average molecular weight is 572 g/mol. The molecule has 8 nitrogen and oxygen atoms in total. The molecule has 0 radical (unpaired) electrons. The van der Waals surface area contributed by atoms with Gasteiger partial charge in [0.25, 0.3) is 5.56 Å². The second-order valence-electron chi connectivity index (χ2n) is 8.83. The Morgan fingerprint density at radius 1 is 1.15 bits per heavy atom. The number of fused-ring (bicyclic) bond motifs is 1. The SMILES string of the molecule is CCOc1cc(C=c2sc3n(c2=O)C(c2cccs2)C(C(=O)OC)=C(C)N=3)ccc1OCc1ccc(C#N)cc1. The lowest BCUT2D eigenvalue weighted by atomic mass is 10.0. The first-order chi connectivity index (χ1) is 19.4. The largest absolute Gasteiger partial charge is 0.490 e. The monoisotopic (exact) mass is 571 g/mol. The number of methoxy groups -OCH3 is 1. The van der Waals surface area contributed by atoms with E-state index in [0.29, 0.717) is 50.9 Å². The lowest BCUT2D eigenvalue weighted by Crippen LogP contribution is -2.39. The molecule has 0 N–H and O–H groups in total. The van der Waals surface area contributed by atoms with Crippen LogP contribution in [0.4, 0.5) is 0 Å². The molecular weight excluding hydrogens is 546 g/mol. The Balaban J connectivity index is 1.51. The lowest BCUT2D eigenvalue weighted by Gasteiger charge is -2.22. The number of thiazole rings is 1. The molecule has 0 fully saturated rings. The van der Waals surface area contributed by atoms with Gasteiger partial charge in [0.15, 0.2) is 16.3 Å². The summed E-state index contributed by atoms with van der Waals surface area (Å²) in [6.07, 6.45) is 1.79. The second kappa shape index (κ2) is 11.7. The van der Waals surface area contributed by atoms with Gasteiger partial charge in [-0.2, -0.15) is 5.26 Å². The van der Waals surface area contributed by atoms with Crippen molar-refractivity contribution in [3.63, 3.8) is 0 Å². The van der Waals surface area contributed by atoms with E-state index in [0.717, 1.165) is 16.0 Å². The minimum absolute atomic E-state index is 0.241. The molecule has 0 spiro atoms. The van der Waals surface area contributed by atoms with Crippen LogP contribution in [0.25, 0.3) is 6.08 Å². The van der Waals surface area contributed by atoms with Crippen molar-refractivity contribution in [1.29, 1.82) is 5.26 Å². The molecule has 1 aliphatic rings. The molecule has 202 valence electrons. The predicted octanol–water partition coefficient (Wildman–Crippen LogP) is 4.32. The van der Waals surface area contributed by atoms with Crippen molar-refractivity contribution in [1.82, 2.24) is 4.57 Å². The molecule has 5 rings (SSSR count). The molecule has 1 unspecified atom stereocenters. The summed E-state index contributed by atoms with van der Waals surface area (Å²) in [5, 5.41) is 10.9. The van der Waals surface area contributed by atoms with Crippen molar-refractivity contribution in [3.05, 3.63) is 113 Å². The highest BCUT2D eigenvalue weighted by Gasteiger charge is 2.33. The number of esters is 1. The molecule has 1 atom stereocenters. The van der Waals surface area contributed by atoms with Gasteiger partial charge in [0.2, 0.25) is 0 Å². The highest BCUT2D eigenvalue weighted by Crippen LogP contribution is 2.33.